The Balaban J connectivity index is 1.66. The van der Waals surface area contributed by atoms with Gasteiger partial charge in [0.2, 0.25) is 0 Å². The zero-order valence-corrected chi connectivity index (χ0v) is 17.0. The third-order valence-electron chi connectivity index (χ3n) is 5.70. The molecule has 2 aliphatic rings. The van der Waals surface area contributed by atoms with Gasteiger partial charge in [-0.1, -0.05) is 6.07 Å². The Labute approximate surface area is 162 Å². The maximum absolute atomic E-state index is 13.0. The van der Waals surface area contributed by atoms with E-state index in [0.717, 1.165) is 25.3 Å². The minimum Gasteiger partial charge on any atom is -0.396 e. The molecule has 6 nitrogen and oxygen atoms in total. The summed E-state index contributed by atoms with van der Waals surface area (Å²) >= 11 is 0. The zero-order valence-electron chi connectivity index (χ0n) is 17.0. The van der Waals surface area contributed by atoms with Gasteiger partial charge in [-0.3, -0.25) is 9.69 Å². The molecule has 150 valence electrons. The van der Waals surface area contributed by atoms with Crippen LogP contribution in [0.1, 0.15) is 24.2 Å². The lowest BCUT2D eigenvalue weighted by Gasteiger charge is -2.37. The summed E-state index contributed by atoms with van der Waals surface area (Å²) in [5, 5.41) is 9.87. The van der Waals surface area contributed by atoms with Crippen LogP contribution in [-0.2, 0) is 4.74 Å². The van der Waals surface area contributed by atoms with E-state index in [1.54, 1.807) is 0 Å². The van der Waals surface area contributed by atoms with E-state index >= 15 is 0 Å². The molecular formula is C21H33N3O3. The van der Waals surface area contributed by atoms with Gasteiger partial charge in [0.1, 0.15) is 0 Å². The van der Waals surface area contributed by atoms with Crippen LogP contribution in [0.4, 0.5) is 5.69 Å². The van der Waals surface area contributed by atoms with Crippen LogP contribution in [0.25, 0.3) is 0 Å². The maximum Gasteiger partial charge on any atom is 0.253 e. The minimum absolute atomic E-state index is 0.0587. The molecule has 0 spiro atoms. The minimum atomic E-state index is 0.0587. The number of carbonyl (C=O) groups excluding carboxylic acids is 1. The highest BCUT2D eigenvalue weighted by molar-refractivity contribution is 5.95. The highest BCUT2D eigenvalue weighted by atomic mass is 16.5. The fourth-order valence-electron chi connectivity index (χ4n) is 4.38. The molecule has 0 aliphatic carbocycles. The molecule has 0 radical (unpaired) electrons. The average Bonchev–Trinajstić information content (AvgIpc) is 3.03. The summed E-state index contributed by atoms with van der Waals surface area (Å²) in [6.07, 6.45) is 0.462. The second-order valence-corrected chi connectivity index (χ2v) is 8.33. The number of anilines is 1. The van der Waals surface area contributed by atoms with Crippen molar-refractivity contribution in [3.05, 3.63) is 29.8 Å². The van der Waals surface area contributed by atoms with E-state index in [4.69, 9.17) is 4.74 Å². The monoisotopic (exact) mass is 375 g/mol. The van der Waals surface area contributed by atoms with Crippen LogP contribution >= 0.6 is 0 Å². The summed E-state index contributed by atoms with van der Waals surface area (Å²) < 4.78 is 5.82. The van der Waals surface area contributed by atoms with Crippen LogP contribution in [0.15, 0.2) is 24.3 Å². The van der Waals surface area contributed by atoms with E-state index < -0.39 is 0 Å². The molecule has 2 aliphatic heterocycles. The lowest BCUT2D eigenvalue weighted by atomic mass is 9.96. The van der Waals surface area contributed by atoms with E-state index in [-0.39, 0.29) is 30.6 Å². The number of rotatable bonds is 5. The summed E-state index contributed by atoms with van der Waals surface area (Å²) in [4.78, 5) is 19.4. The van der Waals surface area contributed by atoms with Crippen LogP contribution in [-0.4, -0.2) is 86.4 Å². The van der Waals surface area contributed by atoms with E-state index in [0.29, 0.717) is 24.6 Å². The van der Waals surface area contributed by atoms with Gasteiger partial charge in [-0.05, 0) is 38.0 Å². The van der Waals surface area contributed by atoms with Crippen molar-refractivity contribution < 1.29 is 14.6 Å². The predicted molar refractivity (Wildman–Crippen MR) is 107 cm³/mol. The Morgan fingerprint density at radius 2 is 1.81 bits per heavy atom. The molecule has 0 bridgehead atoms. The van der Waals surface area contributed by atoms with E-state index in [9.17, 15) is 9.90 Å². The van der Waals surface area contributed by atoms with Crippen molar-refractivity contribution in [1.29, 1.82) is 0 Å². The van der Waals surface area contributed by atoms with Gasteiger partial charge in [0, 0.05) is 70.6 Å². The summed E-state index contributed by atoms with van der Waals surface area (Å²) in [6, 6.07) is 7.74. The van der Waals surface area contributed by atoms with Gasteiger partial charge in [0.15, 0.2) is 0 Å². The second-order valence-electron chi connectivity index (χ2n) is 8.33. The summed E-state index contributed by atoms with van der Waals surface area (Å²) in [5.41, 5.74) is 1.73. The highest BCUT2D eigenvalue weighted by Crippen LogP contribution is 2.27. The van der Waals surface area contributed by atoms with Crippen molar-refractivity contribution in [1.82, 2.24) is 9.80 Å². The molecule has 1 N–H and O–H groups in total. The SMILES string of the molecule is CC1CN(CC2CN(C(=O)c3cccc(N(C)C)c3)CC2CO)CC(C)O1. The Hall–Kier alpha value is -1.63. The number of aliphatic hydroxyl groups excluding tert-OH is 1. The largest absolute Gasteiger partial charge is 0.396 e. The third kappa shape index (κ3) is 4.81. The van der Waals surface area contributed by atoms with Crippen molar-refractivity contribution in [2.45, 2.75) is 26.1 Å². The fourth-order valence-corrected chi connectivity index (χ4v) is 4.38. The van der Waals surface area contributed by atoms with Gasteiger partial charge in [-0.15, -0.1) is 0 Å². The topological polar surface area (TPSA) is 56.2 Å². The Bertz CT molecular complexity index is 641. The molecule has 0 saturated carbocycles. The molecule has 4 unspecified atom stereocenters. The van der Waals surface area contributed by atoms with Crippen LogP contribution < -0.4 is 4.90 Å². The maximum atomic E-state index is 13.0. The first kappa shape index (κ1) is 20.1. The van der Waals surface area contributed by atoms with Crippen molar-refractivity contribution >= 4 is 11.6 Å². The lowest BCUT2D eigenvalue weighted by molar-refractivity contribution is -0.0726. The molecule has 0 aromatic heterocycles. The Morgan fingerprint density at radius 3 is 2.44 bits per heavy atom. The standard InChI is InChI=1S/C21H33N3O3/c1-15-9-23(10-16(2)27-15)11-18-12-24(13-19(18)14-25)21(26)17-6-5-7-20(8-17)22(3)4/h5-8,15-16,18-19,25H,9-14H2,1-4H3. The van der Waals surface area contributed by atoms with Gasteiger partial charge in [0.25, 0.3) is 5.91 Å². The molecule has 1 amide bonds. The number of carbonyl (C=O) groups is 1. The van der Waals surface area contributed by atoms with Gasteiger partial charge < -0.3 is 19.6 Å². The number of benzene rings is 1. The highest BCUT2D eigenvalue weighted by Gasteiger charge is 2.37. The quantitative estimate of drug-likeness (QED) is 0.846. The first-order valence-corrected chi connectivity index (χ1v) is 9.92. The van der Waals surface area contributed by atoms with E-state index in [2.05, 4.69) is 18.7 Å². The van der Waals surface area contributed by atoms with Gasteiger partial charge in [0.05, 0.1) is 12.2 Å². The fraction of sp³-hybridized carbons (Fsp3) is 0.667. The first-order valence-electron chi connectivity index (χ1n) is 9.92. The predicted octanol–water partition coefficient (Wildman–Crippen LogP) is 1.54. The molecule has 1 aromatic rings. The number of likely N-dealkylation sites (tertiary alicyclic amines) is 1. The summed E-state index contributed by atoms with van der Waals surface area (Å²) in [7, 11) is 3.95. The van der Waals surface area contributed by atoms with Gasteiger partial charge in [-0.2, -0.15) is 0 Å². The van der Waals surface area contributed by atoms with Crippen molar-refractivity contribution in [3.8, 4) is 0 Å². The van der Waals surface area contributed by atoms with Crippen LogP contribution in [0.5, 0.6) is 0 Å². The molecule has 1 aromatic carbocycles. The average molecular weight is 376 g/mol. The molecule has 27 heavy (non-hydrogen) atoms. The Kier molecular flexibility index (Phi) is 6.40. The lowest BCUT2D eigenvalue weighted by Crippen LogP contribution is -2.48. The smallest absolute Gasteiger partial charge is 0.253 e. The number of aliphatic hydroxyl groups is 1. The number of nitrogens with zero attached hydrogens (tertiary/aromatic N) is 3. The van der Waals surface area contributed by atoms with Crippen molar-refractivity contribution in [2.24, 2.45) is 11.8 Å². The zero-order chi connectivity index (χ0) is 19.6. The summed E-state index contributed by atoms with van der Waals surface area (Å²) in [6.45, 7) is 8.41. The third-order valence-corrected chi connectivity index (χ3v) is 5.70. The second kappa shape index (κ2) is 8.59. The Morgan fingerprint density at radius 1 is 1.15 bits per heavy atom. The summed E-state index contributed by atoms with van der Waals surface area (Å²) in [5.74, 6) is 0.497. The molecular weight excluding hydrogens is 342 g/mol. The van der Waals surface area contributed by atoms with Crippen LogP contribution in [0.3, 0.4) is 0 Å². The molecule has 2 saturated heterocycles. The van der Waals surface area contributed by atoms with E-state index in [1.807, 2.05) is 48.2 Å². The molecule has 3 rings (SSSR count). The molecule has 6 heteroatoms. The number of morpholine rings is 1. The number of ether oxygens (including phenoxy) is 1. The molecule has 2 heterocycles. The van der Waals surface area contributed by atoms with E-state index in [1.165, 1.54) is 0 Å². The normalized spacial score (nSPS) is 29.1. The molecule has 4 atom stereocenters. The van der Waals surface area contributed by atoms with Gasteiger partial charge >= 0.3 is 0 Å². The van der Waals surface area contributed by atoms with Crippen molar-refractivity contribution in [3.63, 3.8) is 0 Å². The van der Waals surface area contributed by atoms with Gasteiger partial charge in [-0.25, -0.2) is 0 Å². The molecule has 2 fully saturated rings. The number of hydrogen-bond donors (Lipinski definition) is 1. The first-order chi connectivity index (χ1) is 12.9. The van der Waals surface area contributed by atoms with Crippen molar-refractivity contribution in [2.75, 3.05) is 58.3 Å². The van der Waals surface area contributed by atoms with Crippen LogP contribution in [0.2, 0.25) is 0 Å². The number of amides is 1. The van der Waals surface area contributed by atoms with Crippen LogP contribution in [0, 0.1) is 11.8 Å². The number of hydrogen-bond acceptors (Lipinski definition) is 5.